The van der Waals surface area contributed by atoms with Crippen molar-refractivity contribution in [2.75, 3.05) is 31.7 Å². The SMILES string of the molecule is NCOc1ccc(-c2cnc3c(Nc4ccc(C(=O)NCC5CCNCC5)c(Cl)c4)nccn23)c(F)c1F. The maximum absolute atomic E-state index is 14.8. The zero-order valence-corrected chi connectivity index (χ0v) is 21.1. The molecule has 38 heavy (non-hydrogen) atoms. The van der Waals surface area contributed by atoms with E-state index < -0.39 is 11.6 Å². The number of aromatic nitrogens is 3. The second-order valence-electron chi connectivity index (χ2n) is 8.89. The molecular formula is C26H26ClF2N7O2. The quantitative estimate of drug-likeness (QED) is 0.248. The van der Waals surface area contributed by atoms with E-state index >= 15 is 0 Å². The van der Waals surface area contributed by atoms with Crippen LogP contribution in [-0.2, 0) is 0 Å². The molecule has 12 heteroatoms. The summed E-state index contributed by atoms with van der Waals surface area (Å²) in [6, 6.07) is 7.69. The summed E-state index contributed by atoms with van der Waals surface area (Å²) in [7, 11) is 0. The lowest BCUT2D eigenvalue weighted by molar-refractivity contribution is 0.0944. The average molecular weight is 542 g/mol. The van der Waals surface area contributed by atoms with Crippen molar-refractivity contribution in [2.45, 2.75) is 12.8 Å². The molecule has 0 unspecified atom stereocenters. The largest absolute Gasteiger partial charge is 0.475 e. The van der Waals surface area contributed by atoms with E-state index in [1.807, 2.05) is 0 Å². The number of hydrogen-bond donors (Lipinski definition) is 4. The number of carbonyl (C=O) groups is 1. The third-order valence-electron chi connectivity index (χ3n) is 6.48. The number of amides is 1. The van der Waals surface area contributed by atoms with Crippen LogP contribution in [0.2, 0.25) is 5.02 Å². The Bertz CT molecular complexity index is 1470. The van der Waals surface area contributed by atoms with Crippen molar-refractivity contribution in [3.05, 3.63) is 71.1 Å². The number of nitrogens with two attached hydrogens (primary N) is 1. The standard InChI is InChI=1S/C26H26ClF2N7O2/c27-19-11-16(1-2-17(19)26(37)34-12-15-5-7-31-8-6-15)35-24-25-33-13-20(36(25)10-9-32-24)18-3-4-21(38-14-30)23(29)22(18)28/h1-4,9-11,13,15,31H,5-8,12,14,30H2,(H,32,35)(H,34,37). The Hall–Kier alpha value is -3.80. The van der Waals surface area contributed by atoms with Crippen molar-refractivity contribution in [3.63, 3.8) is 0 Å². The third-order valence-corrected chi connectivity index (χ3v) is 6.79. The van der Waals surface area contributed by atoms with Crippen molar-refractivity contribution in [1.29, 1.82) is 0 Å². The monoisotopic (exact) mass is 541 g/mol. The molecule has 1 saturated heterocycles. The first kappa shape index (κ1) is 25.8. The first-order chi connectivity index (χ1) is 18.5. The summed E-state index contributed by atoms with van der Waals surface area (Å²) in [6.07, 6.45) is 6.57. The van der Waals surface area contributed by atoms with Gasteiger partial charge in [-0.25, -0.2) is 14.4 Å². The van der Waals surface area contributed by atoms with E-state index in [2.05, 4.69) is 25.9 Å². The summed E-state index contributed by atoms with van der Waals surface area (Å²) in [5.74, 6) is -1.90. The van der Waals surface area contributed by atoms with Gasteiger partial charge in [0.05, 0.1) is 22.5 Å². The molecule has 5 N–H and O–H groups in total. The minimum absolute atomic E-state index is 0.000536. The molecule has 3 heterocycles. The number of nitrogens with zero attached hydrogens (tertiary/aromatic N) is 3. The second-order valence-corrected chi connectivity index (χ2v) is 9.29. The molecule has 2 aromatic carbocycles. The fraction of sp³-hybridized carbons (Fsp3) is 0.269. The number of nitrogens with one attached hydrogen (secondary N) is 3. The van der Waals surface area contributed by atoms with Crippen LogP contribution in [0, 0.1) is 17.6 Å². The Morgan fingerprint density at radius 3 is 2.76 bits per heavy atom. The molecule has 0 aliphatic carbocycles. The number of hydrogen-bond acceptors (Lipinski definition) is 7. The van der Waals surface area contributed by atoms with Crippen LogP contribution in [0.4, 0.5) is 20.3 Å². The zero-order valence-electron chi connectivity index (χ0n) is 20.3. The lowest BCUT2D eigenvalue weighted by Crippen LogP contribution is -2.36. The number of carbonyl (C=O) groups excluding carboxylic acids is 1. The van der Waals surface area contributed by atoms with Crippen LogP contribution in [0.5, 0.6) is 5.75 Å². The zero-order chi connectivity index (χ0) is 26.6. The number of anilines is 2. The molecule has 0 atom stereocenters. The van der Waals surface area contributed by atoms with E-state index in [9.17, 15) is 13.6 Å². The lowest BCUT2D eigenvalue weighted by atomic mass is 9.98. The number of benzene rings is 2. The number of piperidine rings is 1. The fourth-order valence-electron chi connectivity index (χ4n) is 4.47. The predicted octanol–water partition coefficient (Wildman–Crippen LogP) is 4.10. The van der Waals surface area contributed by atoms with Gasteiger partial charge in [0.25, 0.3) is 5.91 Å². The summed E-state index contributed by atoms with van der Waals surface area (Å²) in [4.78, 5) is 21.4. The molecule has 9 nitrogen and oxygen atoms in total. The fourth-order valence-corrected chi connectivity index (χ4v) is 4.74. The first-order valence-corrected chi connectivity index (χ1v) is 12.5. The highest BCUT2D eigenvalue weighted by atomic mass is 35.5. The Morgan fingerprint density at radius 2 is 2.00 bits per heavy atom. The number of halogens is 3. The first-order valence-electron chi connectivity index (χ1n) is 12.1. The molecule has 0 bridgehead atoms. The van der Waals surface area contributed by atoms with Crippen molar-refractivity contribution in [1.82, 2.24) is 25.0 Å². The van der Waals surface area contributed by atoms with E-state index in [1.165, 1.54) is 24.5 Å². The van der Waals surface area contributed by atoms with Crippen LogP contribution in [-0.4, -0.2) is 46.6 Å². The van der Waals surface area contributed by atoms with E-state index in [1.54, 1.807) is 28.8 Å². The molecule has 5 rings (SSSR count). The van der Waals surface area contributed by atoms with Crippen LogP contribution in [0.15, 0.2) is 48.9 Å². The van der Waals surface area contributed by atoms with E-state index in [-0.39, 0.29) is 29.0 Å². The Morgan fingerprint density at radius 1 is 1.18 bits per heavy atom. The predicted molar refractivity (Wildman–Crippen MR) is 141 cm³/mol. The third kappa shape index (κ3) is 5.26. The molecule has 0 radical (unpaired) electrons. The summed E-state index contributed by atoms with van der Waals surface area (Å²) in [6.45, 7) is 2.25. The van der Waals surface area contributed by atoms with Crippen molar-refractivity contribution < 1.29 is 18.3 Å². The molecule has 4 aromatic rings. The van der Waals surface area contributed by atoms with Crippen LogP contribution >= 0.6 is 11.6 Å². The van der Waals surface area contributed by atoms with Gasteiger partial charge in [-0.3, -0.25) is 14.9 Å². The summed E-state index contributed by atoms with van der Waals surface area (Å²) < 4.78 is 35.7. The van der Waals surface area contributed by atoms with Gasteiger partial charge >= 0.3 is 0 Å². The molecule has 1 fully saturated rings. The number of imidazole rings is 1. The topological polar surface area (TPSA) is 119 Å². The van der Waals surface area contributed by atoms with Crippen molar-refractivity contribution >= 4 is 34.7 Å². The lowest BCUT2D eigenvalue weighted by Gasteiger charge is -2.22. The highest BCUT2D eigenvalue weighted by molar-refractivity contribution is 6.34. The van der Waals surface area contributed by atoms with Gasteiger partial charge in [0.1, 0.15) is 6.73 Å². The van der Waals surface area contributed by atoms with Crippen molar-refractivity contribution in [2.24, 2.45) is 11.7 Å². The van der Waals surface area contributed by atoms with E-state index in [0.717, 1.165) is 25.9 Å². The maximum Gasteiger partial charge on any atom is 0.252 e. The van der Waals surface area contributed by atoms with E-state index in [0.29, 0.717) is 40.9 Å². The smallest absolute Gasteiger partial charge is 0.252 e. The van der Waals surface area contributed by atoms with Gasteiger partial charge < -0.3 is 20.7 Å². The van der Waals surface area contributed by atoms with Crippen molar-refractivity contribution in [3.8, 4) is 17.0 Å². The highest BCUT2D eigenvalue weighted by Gasteiger charge is 2.20. The summed E-state index contributed by atoms with van der Waals surface area (Å²) in [5.41, 5.74) is 6.92. The van der Waals surface area contributed by atoms with Crippen LogP contribution < -0.4 is 26.4 Å². The van der Waals surface area contributed by atoms with Gasteiger partial charge in [-0.05, 0) is 62.2 Å². The Labute approximate surface area is 222 Å². The van der Waals surface area contributed by atoms with Crippen LogP contribution in [0.1, 0.15) is 23.2 Å². The molecule has 2 aromatic heterocycles. The molecular weight excluding hydrogens is 516 g/mol. The van der Waals surface area contributed by atoms with Gasteiger partial charge in [0.2, 0.25) is 5.82 Å². The van der Waals surface area contributed by atoms with Gasteiger partial charge in [0.15, 0.2) is 23.0 Å². The van der Waals surface area contributed by atoms with Gasteiger partial charge in [-0.1, -0.05) is 11.6 Å². The molecule has 1 amide bonds. The minimum Gasteiger partial charge on any atom is -0.475 e. The normalized spacial score (nSPS) is 14.0. The molecule has 0 spiro atoms. The molecule has 1 aliphatic heterocycles. The maximum atomic E-state index is 14.8. The van der Waals surface area contributed by atoms with E-state index in [4.69, 9.17) is 22.1 Å². The average Bonchev–Trinajstić information content (AvgIpc) is 3.36. The highest BCUT2D eigenvalue weighted by Crippen LogP contribution is 2.32. The van der Waals surface area contributed by atoms with Crippen LogP contribution in [0.25, 0.3) is 16.9 Å². The summed E-state index contributed by atoms with van der Waals surface area (Å²) >= 11 is 6.43. The number of ether oxygens (including phenoxy) is 1. The van der Waals surface area contributed by atoms with Gasteiger partial charge in [0, 0.05) is 30.2 Å². The Kier molecular flexibility index (Phi) is 7.68. The number of rotatable bonds is 8. The molecule has 0 saturated carbocycles. The van der Waals surface area contributed by atoms with Crippen LogP contribution in [0.3, 0.4) is 0 Å². The molecule has 198 valence electrons. The number of fused-ring (bicyclic) bond motifs is 1. The molecule has 1 aliphatic rings. The second kappa shape index (κ2) is 11.3. The Balaban J connectivity index is 1.35. The minimum atomic E-state index is -1.13. The van der Waals surface area contributed by atoms with Gasteiger partial charge in [-0.15, -0.1) is 0 Å². The summed E-state index contributed by atoms with van der Waals surface area (Å²) in [5, 5.41) is 9.70. The van der Waals surface area contributed by atoms with Gasteiger partial charge in [-0.2, -0.15) is 4.39 Å².